The van der Waals surface area contributed by atoms with E-state index in [-0.39, 0.29) is 0 Å². The van der Waals surface area contributed by atoms with Gasteiger partial charge in [0.15, 0.2) is 5.13 Å². The van der Waals surface area contributed by atoms with Gasteiger partial charge in [-0.05, 0) is 18.1 Å². The van der Waals surface area contributed by atoms with E-state index < -0.39 is 0 Å². The first-order valence-corrected chi connectivity index (χ1v) is 5.84. The van der Waals surface area contributed by atoms with Crippen LogP contribution in [0.2, 0.25) is 5.15 Å². The highest BCUT2D eigenvalue weighted by Gasteiger charge is 1.98. The van der Waals surface area contributed by atoms with E-state index in [0.717, 1.165) is 18.1 Å². The van der Waals surface area contributed by atoms with Gasteiger partial charge in [-0.2, -0.15) is 0 Å². The van der Waals surface area contributed by atoms with Crippen molar-refractivity contribution in [1.82, 2.24) is 9.97 Å². The van der Waals surface area contributed by atoms with Crippen LogP contribution in [-0.4, -0.2) is 16.5 Å². The zero-order valence-electron chi connectivity index (χ0n) is 7.98. The smallest absolute Gasteiger partial charge is 0.184 e. The molecule has 78 valence electrons. The Morgan fingerprint density at radius 1 is 1.47 bits per heavy atom. The molecule has 0 saturated carbocycles. The number of hydrogen-bond acceptors (Lipinski definition) is 4. The van der Waals surface area contributed by atoms with Gasteiger partial charge in [-0.3, -0.25) is 4.98 Å². The van der Waals surface area contributed by atoms with Crippen molar-refractivity contribution in [2.45, 2.75) is 6.42 Å². The number of anilines is 1. The maximum absolute atomic E-state index is 5.71. The molecule has 0 aromatic carbocycles. The average Bonchev–Trinajstić information content (AvgIpc) is 2.66. The van der Waals surface area contributed by atoms with Gasteiger partial charge in [0.05, 0.1) is 0 Å². The Morgan fingerprint density at radius 3 is 3.07 bits per heavy atom. The highest BCUT2D eigenvalue weighted by atomic mass is 35.5. The van der Waals surface area contributed by atoms with Gasteiger partial charge in [-0.1, -0.05) is 17.7 Å². The molecule has 3 nitrogen and oxygen atoms in total. The van der Waals surface area contributed by atoms with Gasteiger partial charge in [-0.15, -0.1) is 11.3 Å². The zero-order valence-corrected chi connectivity index (χ0v) is 9.55. The predicted octanol–water partition coefficient (Wildman–Crippen LogP) is 2.85. The number of thiazole rings is 1. The minimum Gasteiger partial charge on any atom is -0.361 e. The first kappa shape index (κ1) is 10.4. The van der Waals surface area contributed by atoms with Crippen LogP contribution in [0.3, 0.4) is 0 Å². The number of hydrogen-bond donors (Lipinski definition) is 1. The Balaban J connectivity index is 1.80. The summed E-state index contributed by atoms with van der Waals surface area (Å²) in [6.45, 7) is 0.843. The molecule has 5 heteroatoms. The fourth-order valence-corrected chi connectivity index (χ4v) is 2.06. The molecule has 15 heavy (non-hydrogen) atoms. The lowest BCUT2D eigenvalue weighted by molar-refractivity contribution is 1.00. The van der Waals surface area contributed by atoms with E-state index in [4.69, 9.17) is 11.6 Å². The topological polar surface area (TPSA) is 37.8 Å². The third kappa shape index (κ3) is 3.18. The molecule has 0 aliphatic rings. The van der Waals surface area contributed by atoms with Crippen molar-refractivity contribution in [3.05, 3.63) is 40.6 Å². The molecule has 2 aromatic heterocycles. The molecule has 2 heterocycles. The second kappa shape index (κ2) is 5.09. The summed E-state index contributed by atoms with van der Waals surface area (Å²) < 4.78 is 0. The molecule has 2 aromatic rings. The van der Waals surface area contributed by atoms with Crippen LogP contribution in [-0.2, 0) is 6.42 Å². The molecule has 1 N–H and O–H groups in total. The Hall–Kier alpha value is -1.13. The van der Waals surface area contributed by atoms with Crippen molar-refractivity contribution in [2.75, 3.05) is 11.9 Å². The molecule has 0 aliphatic carbocycles. The SMILES string of the molecule is Clc1csc(NCCc2cccnc2)n1. The van der Waals surface area contributed by atoms with E-state index >= 15 is 0 Å². The van der Waals surface area contributed by atoms with Crippen molar-refractivity contribution in [2.24, 2.45) is 0 Å². The van der Waals surface area contributed by atoms with Gasteiger partial charge in [0.25, 0.3) is 0 Å². The second-order valence-corrected chi connectivity index (χ2v) is 4.26. The zero-order chi connectivity index (χ0) is 10.5. The van der Waals surface area contributed by atoms with Crippen molar-refractivity contribution in [1.29, 1.82) is 0 Å². The molecule has 0 bridgehead atoms. The molecule has 0 spiro atoms. The molecule has 0 atom stereocenters. The fraction of sp³-hybridized carbons (Fsp3) is 0.200. The van der Waals surface area contributed by atoms with Crippen molar-refractivity contribution in [3.63, 3.8) is 0 Å². The van der Waals surface area contributed by atoms with E-state index in [9.17, 15) is 0 Å². The summed E-state index contributed by atoms with van der Waals surface area (Å²) in [6.07, 6.45) is 4.58. The molecule has 0 radical (unpaired) electrons. The number of nitrogens with zero attached hydrogens (tertiary/aromatic N) is 2. The average molecular weight is 240 g/mol. The molecule has 2 rings (SSSR count). The molecule has 0 unspecified atom stereocenters. The van der Waals surface area contributed by atoms with E-state index in [1.807, 2.05) is 17.6 Å². The lowest BCUT2D eigenvalue weighted by Gasteiger charge is -2.01. The van der Waals surface area contributed by atoms with Gasteiger partial charge in [0, 0.05) is 24.3 Å². The van der Waals surface area contributed by atoms with Crippen LogP contribution in [0.15, 0.2) is 29.9 Å². The van der Waals surface area contributed by atoms with Crippen molar-refractivity contribution < 1.29 is 0 Å². The predicted molar refractivity (Wildman–Crippen MR) is 63.6 cm³/mol. The lowest BCUT2D eigenvalue weighted by Crippen LogP contribution is -2.04. The number of pyridine rings is 1. The van der Waals surface area contributed by atoms with Gasteiger partial charge in [0.1, 0.15) is 5.15 Å². The van der Waals surface area contributed by atoms with Crippen LogP contribution in [0.5, 0.6) is 0 Å². The summed E-state index contributed by atoms with van der Waals surface area (Å²) in [6, 6.07) is 4.00. The largest absolute Gasteiger partial charge is 0.361 e. The number of halogens is 1. The minimum absolute atomic E-state index is 0.545. The maximum Gasteiger partial charge on any atom is 0.184 e. The standard InChI is InChI=1S/C10H10ClN3S/c11-9-7-15-10(14-9)13-5-3-8-2-1-4-12-6-8/h1-2,4,6-7H,3,5H2,(H,13,14). The highest BCUT2D eigenvalue weighted by Crippen LogP contribution is 2.18. The summed E-state index contributed by atoms with van der Waals surface area (Å²) in [4.78, 5) is 8.15. The summed E-state index contributed by atoms with van der Waals surface area (Å²) in [5.41, 5.74) is 1.22. The second-order valence-electron chi connectivity index (χ2n) is 3.01. The quantitative estimate of drug-likeness (QED) is 0.892. The molecule has 0 fully saturated rings. The van der Waals surface area contributed by atoms with E-state index in [1.54, 1.807) is 6.20 Å². The van der Waals surface area contributed by atoms with Crippen LogP contribution in [0, 0.1) is 0 Å². The van der Waals surface area contributed by atoms with Gasteiger partial charge in [-0.25, -0.2) is 4.98 Å². The van der Waals surface area contributed by atoms with Crippen LogP contribution in [0.1, 0.15) is 5.56 Å². The molecule has 0 amide bonds. The monoisotopic (exact) mass is 239 g/mol. The maximum atomic E-state index is 5.71. The summed E-state index contributed by atoms with van der Waals surface area (Å²) in [5, 5.41) is 6.43. The fourth-order valence-electron chi connectivity index (χ4n) is 1.20. The molecule has 0 saturated heterocycles. The van der Waals surface area contributed by atoms with E-state index in [2.05, 4.69) is 21.4 Å². The molecular weight excluding hydrogens is 230 g/mol. The molecular formula is C10H10ClN3S. The van der Waals surface area contributed by atoms with Gasteiger partial charge < -0.3 is 5.32 Å². The van der Waals surface area contributed by atoms with Crippen LogP contribution < -0.4 is 5.32 Å². The van der Waals surface area contributed by atoms with Crippen LogP contribution in [0.4, 0.5) is 5.13 Å². The number of aromatic nitrogens is 2. The van der Waals surface area contributed by atoms with Crippen LogP contribution in [0.25, 0.3) is 0 Å². The first-order chi connectivity index (χ1) is 7.34. The summed E-state index contributed by atoms with van der Waals surface area (Å²) in [5.74, 6) is 0. The third-order valence-corrected chi connectivity index (χ3v) is 3.01. The minimum atomic E-state index is 0.545. The first-order valence-electron chi connectivity index (χ1n) is 4.58. The Bertz CT molecular complexity index is 416. The van der Waals surface area contributed by atoms with Crippen molar-refractivity contribution >= 4 is 28.1 Å². The Morgan fingerprint density at radius 2 is 2.40 bits per heavy atom. The number of rotatable bonds is 4. The number of nitrogens with one attached hydrogen (secondary N) is 1. The van der Waals surface area contributed by atoms with Crippen LogP contribution >= 0.6 is 22.9 Å². The Kier molecular flexibility index (Phi) is 3.53. The van der Waals surface area contributed by atoms with Gasteiger partial charge >= 0.3 is 0 Å². The van der Waals surface area contributed by atoms with E-state index in [0.29, 0.717) is 5.15 Å². The van der Waals surface area contributed by atoms with Crippen molar-refractivity contribution in [3.8, 4) is 0 Å². The van der Waals surface area contributed by atoms with Gasteiger partial charge in [0.2, 0.25) is 0 Å². The normalized spacial score (nSPS) is 10.2. The molecule has 0 aliphatic heterocycles. The Labute approximate surface area is 97.2 Å². The lowest BCUT2D eigenvalue weighted by atomic mass is 10.2. The third-order valence-electron chi connectivity index (χ3n) is 1.89. The van der Waals surface area contributed by atoms with E-state index in [1.165, 1.54) is 16.9 Å². The highest BCUT2D eigenvalue weighted by molar-refractivity contribution is 7.14. The summed E-state index contributed by atoms with van der Waals surface area (Å²) in [7, 11) is 0. The summed E-state index contributed by atoms with van der Waals surface area (Å²) >= 11 is 7.22.